The molecule has 1 N–H and O–H groups in total. The van der Waals surface area contributed by atoms with Crippen molar-refractivity contribution in [2.24, 2.45) is 0 Å². The van der Waals surface area contributed by atoms with Crippen LogP contribution in [0.5, 0.6) is 11.5 Å². The number of halogens is 2. The summed E-state index contributed by atoms with van der Waals surface area (Å²) in [6.45, 7) is 6.30. The maximum absolute atomic E-state index is 12.2. The van der Waals surface area contributed by atoms with Crippen molar-refractivity contribution in [2.45, 2.75) is 26.2 Å². The molecule has 0 heterocycles. The predicted molar refractivity (Wildman–Crippen MR) is 105 cm³/mol. The lowest BCUT2D eigenvalue weighted by molar-refractivity contribution is -0.118. The SMILES string of the molecule is COc1ccc(Cl)cc1NC(=O)COc1ccc(C(C)(C)C)cc1Br. The fourth-order valence-corrected chi connectivity index (χ4v) is 2.86. The molecule has 6 heteroatoms. The van der Waals surface area contributed by atoms with Gasteiger partial charge in [0.25, 0.3) is 5.91 Å². The van der Waals surface area contributed by atoms with E-state index in [1.165, 1.54) is 12.7 Å². The van der Waals surface area contributed by atoms with Crippen LogP contribution < -0.4 is 14.8 Å². The molecule has 4 nitrogen and oxygen atoms in total. The van der Waals surface area contributed by atoms with Crippen LogP contribution in [0.15, 0.2) is 40.9 Å². The van der Waals surface area contributed by atoms with Crippen LogP contribution in [0.3, 0.4) is 0 Å². The summed E-state index contributed by atoms with van der Waals surface area (Å²) < 4.78 is 11.6. The van der Waals surface area contributed by atoms with Gasteiger partial charge in [0.2, 0.25) is 0 Å². The van der Waals surface area contributed by atoms with Gasteiger partial charge in [0.15, 0.2) is 6.61 Å². The van der Waals surface area contributed by atoms with E-state index < -0.39 is 0 Å². The number of hydrogen-bond donors (Lipinski definition) is 1. The van der Waals surface area contributed by atoms with Crippen molar-refractivity contribution in [1.82, 2.24) is 0 Å². The lowest BCUT2D eigenvalue weighted by Gasteiger charge is -2.20. The number of nitrogens with one attached hydrogen (secondary N) is 1. The molecule has 2 rings (SSSR count). The zero-order valence-electron chi connectivity index (χ0n) is 14.7. The fourth-order valence-electron chi connectivity index (χ4n) is 2.19. The Morgan fingerprint density at radius 3 is 2.44 bits per heavy atom. The molecule has 0 saturated heterocycles. The van der Waals surface area contributed by atoms with Crippen LogP contribution in [0.1, 0.15) is 26.3 Å². The molecule has 134 valence electrons. The van der Waals surface area contributed by atoms with Crippen molar-refractivity contribution in [3.8, 4) is 11.5 Å². The van der Waals surface area contributed by atoms with Crippen LogP contribution in [0.2, 0.25) is 5.02 Å². The van der Waals surface area contributed by atoms with Gasteiger partial charge < -0.3 is 14.8 Å². The summed E-state index contributed by atoms with van der Waals surface area (Å²) in [5.74, 6) is 0.849. The van der Waals surface area contributed by atoms with Crippen molar-refractivity contribution in [1.29, 1.82) is 0 Å². The number of hydrogen-bond acceptors (Lipinski definition) is 3. The Labute approximate surface area is 161 Å². The van der Waals surface area contributed by atoms with Gasteiger partial charge in [-0.05, 0) is 57.2 Å². The highest BCUT2D eigenvalue weighted by Crippen LogP contribution is 2.32. The summed E-state index contributed by atoms with van der Waals surface area (Å²) in [5, 5.41) is 3.25. The third kappa shape index (κ3) is 5.38. The van der Waals surface area contributed by atoms with Crippen LogP contribution in [0, 0.1) is 0 Å². The standard InChI is InChI=1S/C19H21BrClNO3/c1-19(2,3)12-5-7-16(14(20)9-12)25-11-18(23)22-15-10-13(21)6-8-17(15)24-4/h5-10H,11H2,1-4H3,(H,22,23). The van der Waals surface area contributed by atoms with E-state index in [0.29, 0.717) is 22.2 Å². The van der Waals surface area contributed by atoms with Gasteiger partial charge in [-0.3, -0.25) is 4.79 Å². The molecule has 0 radical (unpaired) electrons. The summed E-state index contributed by atoms with van der Waals surface area (Å²) in [7, 11) is 1.53. The van der Waals surface area contributed by atoms with Crippen molar-refractivity contribution < 1.29 is 14.3 Å². The van der Waals surface area contributed by atoms with E-state index in [2.05, 4.69) is 42.0 Å². The number of carbonyl (C=O) groups excluding carboxylic acids is 1. The van der Waals surface area contributed by atoms with Gasteiger partial charge in [0.05, 0.1) is 17.3 Å². The van der Waals surface area contributed by atoms with E-state index in [4.69, 9.17) is 21.1 Å². The van der Waals surface area contributed by atoms with E-state index in [-0.39, 0.29) is 17.9 Å². The van der Waals surface area contributed by atoms with Crippen LogP contribution >= 0.6 is 27.5 Å². The maximum atomic E-state index is 12.2. The van der Waals surface area contributed by atoms with Gasteiger partial charge >= 0.3 is 0 Å². The van der Waals surface area contributed by atoms with E-state index in [1.54, 1.807) is 18.2 Å². The molecule has 0 aromatic heterocycles. The first-order valence-corrected chi connectivity index (χ1v) is 8.94. The number of methoxy groups -OCH3 is 1. The average molecular weight is 427 g/mol. The maximum Gasteiger partial charge on any atom is 0.262 e. The molecule has 0 bridgehead atoms. The molecule has 0 aliphatic carbocycles. The smallest absolute Gasteiger partial charge is 0.262 e. The third-order valence-electron chi connectivity index (χ3n) is 3.59. The molecular formula is C19H21BrClNO3. The van der Waals surface area contributed by atoms with Crippen LogP contribution in [-0.4, -0.2) is 19.6 Å². The molecule has 2 aromatic rings. The molecule has 0 aliphatic heterocycles. The Morgan fingerprint density at radius 2 is 1.84 bits per heavy atom. The molecule has 25 heavy (non-hydrogen) atoms. The molecule has 0 fully saturated rings. The number of benzene rings is 2. The molecule has 1 amide bonds. The summed E-state index contributed by atoms with van der Waals surface area (Å²) in [6, 6.07) is 10.9. The molecule has 0 aliphatic rings. The van der Waals surface area contributed by atoms with Crippen LogP contribution in [0.25, 0.3) is 0 Å². The molecule has 0 unspecified atom stereocenters. The van der Waals surface area contributed by atoms with Crippen molar-refractivity contribution in [3.63, 3.8) is 0 Å². The highest BCUT2D eigenvalue weighted by atomic mass is 79.9. The third-order valence-corrected chi connectivity index (χ3v) is 4.45. The summed E-state index contributed by atoms with van der Waals surface area (Å²) in [5.41, 5.74) is 1.73. The van der Waals surface area contributed by atoms with Crippen LogP contribution in [-0.2, 0) is 10.2 Å². The van der Waals surface area contributed by atoms with Gasteiger partial charge in [-0.1, -0.05) is 38.4 Å². The predicted octanol–water partition coefficient (Wildman–Crippen LogP) is 5.43. The van der Waals surface area contributed by atoms with E-state index in [0.717, 1.165) is 4.47 Å². The van der Waals surface area contributed by atoms with Gasteiger partial charge in [0.1, 0.15) is 11.5 Å². The van der Waals surface area contributed by atoms with Crippen LogP contribution in [0.4, 0.5) is 5.69 Å². The second-order valence-corrected chi connectivity index (χ2v) is 7.87. The Bertz CT molecular complexity index is 772. The summed E-state index contributed by atoms with van der Waals surface area (Å²) >= 11 is 9.45. The lowest BCUT2D eigenvalue weighted by atomic mass is 9.87. The molecule has 2 aromatic carbocycles. The number of rotatable bonds is 5. The number of anilines is 1. The molecular weight excluding hydrogens is 406 g/mol. The highest BCUT2D eigenvalue weighted by Gasteiger charge is 2.16. The van der Waals surface area contributed by atoms with E-state index in [9.17, 15) is 4.79 Å². The van der Waals surface area contributed by atoms with Crippen molar-refractivity contribution in [3.05, 3.63) is 51.5 Å². The highest BCUT2D eigenvalue weighted by molar-refractivity contribution is 9.10. The second-order valence-electron chi connectivity index (χ2n) is 6.58. The molecule has 0 saturated carbocycles. The van der Waals surface area contributed by atoms with Gasteiger partial charge in [0, 0.05) is 5.02 Å². The minimum Gasteiger partial charge on any atom is -0.495 e. The molecule has 0 spiro atoms. The zero-order valence-corrected chi connectivity index (χ0v) is 17.0. The Hall–Kier alpha value is -1.72. The number of amides is 1. The number of carbonyl (C=O) groups is 1. The minimum atomic E-state index is -0.299. The molecule has 0 atom stereocenters. The van der Waals surface area contributed by atoms with E-state index in [1.807, 2.05) is 18.2 Å². The first-order valence-electron chi connectivity index (χ1n) is 7.77. The Balaban J connectivity index is 2.02. The first kappa shape index (κ1) is 19.6. The summed E-state index contributed by atoms with van der Waals surface area (Å²) in [4.78, 5) is 12.2. The van der Waals surface area contributed by atoms with E-state index >= 15 is 0 Å². The van der Waals surface area contributed by atoms with Gasteiger partial charge in [-0.2, -0.15) is 0 Å². The Morgan fingerprint density at radius 1 is 1.16 bits per heavy atom. The van der Waals surface area contributed by atoms with Gasteiger partial charge in [-0.15, -0.1) is 0 Å². The lowest BCUT2D eigenvalue weighted by Crippen LogP contribution is -2.20. The second kappa shape index (κ2) is 8.11. The van der Waals surface area contributed by atoms with Crippen molar-refractivity contribution >= 4 is 39.1 Å². The average Bonchev–Trinajstić information content (AvgIpc) is 2.53. The minimum absolute atomic E-state index is 0.0432. The zero-order chi connectivity index (χ0) is 18.6. The number of ether oxygens (including phenoxy) is 2. The fraction of sp³-hybridized carbons (Fsp3) is 0.316. The normalized spacial score (nSPS) is 11.1. The van der Waals surface area contributed by atoms with Gasteiger partial charge in [-0.25, -0.2) is 0 Å². The van der Waals surface area contributed by atoms with Crippen molar-refractivity contribution in [2.75, 3.05) is 19.0 Å². The topological polar surface area (TPSA) is 47.6 Å². The monoisotopic (exact) mass is 425 g/mol. The quantitative estimate of drug-likeness (QED) is 0.694. The Kier molecular flexibility index (Phi) is 6.36. The summed E-state index contributed by atoms with van der Waals surface area (Å²) in [6.07, 6.45) is 0. The first-order chi connectivity index (χ1) is 11.7. The largest absolute Gasteiger partial charge is 0.495 e.